The van der Waals surface area contributed by atoms with Crippen LogP contribution in [-0.2, 0) is 0 Å². The number of nitrogens with zero attached hydrogens (tertiary/aromatic N) is 2. The van der Waals surface area contributed by atoms with Gasteiger partial charge < -0.3 is 4.98 Å². The number of hydrogen-bond acceptors (Lipinski definition) is 3. The van der Waals surface area contributed by atoms with Crippen LogP contribution in [-0.4, -0.2) is 14.9 Å². The second kappa shape index (κ2) is 3.11. The average molecular weight is 232 g/mol. The van der Waals surface area contributed by atoms with Crippen molar-refractivity contribution in [2.75, 3.05) is 0 Å². The van der Waals surface area contributed by atoms with Gasteiger partial charge in [0.15, 0.2) is 0 Å². The number of pyridine rings is 1. The average Bonchev–Trinajstić information content (AvgIpc) is 2.46. The molecule has 0 spiro atoms. The lowest BCUT2D eigenvalue weighted by molar-refractivity contribution is -0.384. The van der Waals surface area contributed by atoms with Crippen molar-refractivity contribution in [3.8, 4) is 0 Å². The second-order valence-electron chi connectivity index (χ2n) is 2.59. The third-order valence-corrected chi connectivity index (χ3v) is 2.34. The smallest absolute Gasteiger partial charge is 0.306 e. The van der Waals surface area contributed by atoms with Crippen molar-refractivity contribution < 1.29 is 4.92 Å². The van der Waals surface area contributed by atoms with Crippen LogP contribution in [0.15, 0.2) is 12.3 Å². The first-order valence-electron chi connectivity index (χ1n) is 3.56. The van der Waals surface area contributed by atoms with Gasteiger partial charge in [0, 0.05) is 5.39 Å². The highest BCUT2D eigenvalue weighted by Gasteiger charge is 2.17. The largest absolute Gasteiger partial charge is 0.330 e. The number of fused-ring (bicyclic) bond motifs is 1. The molecule has 2 heterocycles. The second-order valence-corrected chi connectivity index (χ2v) is 3.38. The Morgan fingerprint density at radius 1 is 1.50 bits per heavy atom. The standard InChI is InChI=1S/C7H3Cl2N3O2/c8-5-1-3-6(9)4(12(13)14)2-10-7(3)11-5/h1-2H,(H,10,11). The first kappa shape index (κ1) is 9.23. The summed E-state index contributed by atoms with van der Waals surface area (Å²) in [5.41, 5.74) is 0.209. The molecule has 72 valence electrons. The van der Waals surface area contributed by atoms with E-state index in [-0.39, 0.29) is 10.7 Å². The van der Waals surface area contributed by atoms with Crippen molar-refractivity contribution in [2.24, 2.45) is 0 Å². The van der Waals surface area contributed by atoms with Crippen LogP contribution < -0.4 is 0 Å². The molecule has 2 rings (SSSR count). The summed E-state index contributed by atoms with van der Waals surface area (Å²) in [6, 6.07) is 1.50. The summed E-state index contributed by atoms with van der Waals surface area (Å²) in [7, 11) is 0. The van der Waals surface area contributed by atoms with E-state index in [0.717, 1.165) is 6.20 Å². The van der Waals surface area contributed by atoms with Gasteiger partial charge in [-0.05, 0) is 6.07 Å². The molecule has 2 aromatic heterocycles. The minimum Gasteiger partial charge on any atom is -0.330 e. The normalized spacial score (nSPS) is 10.7. The van der Waals surface area contributed by atoms with Crippen LogP contribution in [0.3, 0.4) is 0 Å². The first-order valence-corrected chi connectivity index (χ1v) is 4.32. The van der Waals surface area contributed by atoms with E-state index in [9.17, 15) is 10.1 Å². The summed E-state index contributed by atoms with van der Waals surface area (Å²) >= 11 is 11.5. The monoisotopic (exact) mass is 231 g/mol. The quantitative estimate of drug-likeness (QED) is 0.606. The van der Waals surface area contributed by atoms with Crippen LogP contribution in [0.2, 0.25) is 10.2 Å². The molecular weight excluding hydrogens is 229 g/mol. The summed E-state index contributed by atoms with van der Waals surface area (Å²) in [6.07, 6.45) is 1.09. The van der Waals surface area contributed by atoms with Gasteiger partial charge in [-0.2, -0.15) is 0 Å². The number of hydrogen-bond donors (Lipinski definition) is 1. The van der Waals surface area contributed by atoms with Crippen LogP contribution in [0.1, 0.15) is 0 Å². The molecule has 0 amide bonds. The molecule has 0 aliphatic heterocycles. The molecule has 0 unspecified atom stereocenters. The minimum absolute atomic E-state index is 0.0446. The van der Waals surface area contributed by atoms with Crippen molar-refractivity contribution >= 4 is 39.9 Å². The van der Waals surface area contributed by atoms with E-state index in [0.29, 0.717) is 16.2 Å². The summed E-state index contributed by atoms with van der Waals surface area (Å²) < 4.78 is 0. The Labute approximate surface area is 87.8 Å². The zero-order chi connectivity index (χ0) is 10.3. The number of aromatic nitrogens is 2. The molecule has 0 bridgehead atoms. The molecule has 0 aromatic carbocycles. The zero-order valence-electron chi connectivity index (χ0n) is 6.62. The highest BCUT2D eigenvalue weighted by molar-refractivity contribution is 6.38. The lowest BCUT2D eigenvalue weighted by Gasteiger charge is -1.94. The van der Waals surface area contributed by atoms with E-state index in [1.165, 1.54) is 6.07 Å². The van der Waals surface area contributed by atoms with Crippen LogP contribution in [0.25, 0.3) is 11.0 Å². The Kier molecular flexibility index (Phi) is 2.05. The lowest BCUT2D eigenvalue weighted by atomic mass is 10.3. The van der Waals surface area contributed by atoms with Gasteiger partial charge in [-0.25, -0.2) is 4.98 Å². The Hall–Kier alpha value is -1.33. The molecule has 1 N–H and O–H groups in total. The van der Waals surface area contributed by atoms with Gasteiger partial charge >= 0.3 is 5.69 Å². The van der Waals surface area contributed by atoms with Crippen LogP contribution in [0, 0.1) is 10.1 Å². The van der Waals surface area contributed by atoms with E-state index in [2.05, 4.69) is 9.97 Å². The molecule has 0 fully saturated rings. The summed E-state index contributed by atoms with van der Waals surface area (Å²) in [5.74, 6) is 0. The summed E-state index contributed by atoms with van der Waals surface area (Å²) in [5, 5.41) is 11.3. The van der Waals surface area contributed by atoms with E-state index in [1.54, 1.807) is 0 Å². The number of H-pyrrole nitrogens is 1. The topological polar surface area (TPSA) is 71.8 Å². The fourth-order valence-electron chi connectivity index (χ4n) is 1.13. The van der Waals surface area contributed by atoms with Crippen molar-refractivity contribution in [3.63, 3.8) is 0 Å². The van der Waals surface area contributed by atoms with Crippen molar-refractivity contribution in [1.82, 2.24) is 9.97 Å². The SMILES string of the molecule is O=[N+]([O-])c1cnc2[nH]c(Cl)cc2c1Cl. The van der Waals surface area contributed by atoms with Crippen LogP contribution in [0.5, 0.6) is 0 Å². The first-order chi connectivity index (χ1) is 6.59. The van der Waals surface area contributed by atoms with Crippen molar-refractivity contribution in [3.05, 3.63) is 32.6 Å². The van der Waals surface area contributed by atoms with E-state index in [4.69, 9.17) is 23.2 Å². The van der Waals surface area contributed by atoms with E-state index >= 15 is 0 Å². The van der Waals surface area contributed by atoms with Gasteiger partial charge in [-0.1, -0.05) is 23.2 Å². The maximum Gasteiger partial charge on any atom is 0.306 e. The molecule has 5 nitrogen and oxygen atoms in total. The Morgan fingerprint density at radius 2 is 2.21 bits per heavy atom. The maximum atomic E-state index is 10.5. The number of aromatic amines is 1. The number of nitro groups is 1. The molecule has 14 heavy (non-hydrogen) atoms. The third-order valence-electron chi connectivity index (χ3n) is 1.74. The highest BCUT2D eigenvalue weighted by Crippen LogP contribution is 2.32. The zero-order valence-corrected chi connectivity index (χ0v) is 8.13. The molecule has 0 saturated carbocycles. The minimum atomic E-state index is -0.588. The van der Waals surface area contributed by atoms with Gasteiger partial charge in [0.1, 0.15) is 22.0 Å². The molecule has 0 saturated heterocycles. The Morgan fingerprint density at radius 3 is 2.86 bits per heavy atom. The fourth-order valence-corrected chi connectivity index (χ4v) is 1.59. The van der Waals surface area contributed by atoms with Crippen LogP contribution in [0.4, 0.5) is 5.69 Å². The fraction of sp³-hybridized carbons (Fsp3) is 0. The number of rotatable bonds is 1. The van der Waals surface area contributed by atoms with E-state index < -0.39 is 4.92 Å². The van der Waals surface area contributed by atoms with Gasteiger partial charge in [-0.3, -0.25) is 10.1 Å². The van der Waals surface area contributed by atoms with Gasteiger partial charge in [0.2, 0.25) is 0 Å². The Balaban J connectivity index is 2.80. The molecule has 2 aromatic rings. The molecule has 0 aliphatic carbocycles. The van der Waals surface area contributed by atoms with Gasteiger partial charge in [0.25, 0.3) is 0 Å². The molecular formula is C7H3Cl2N3O2. The maximum absolute atomic E-state index is 10.5. The van der Waals surface area contributed by atoms with Crippen molar-refractivity contribution in [2.45, 2.75) is 0 Å². The van der Waals surface area contributed by atoms with Gasteiger partial charge in [-0.15, -0.1) is 0 Å². The van der Waals surface area contributed by atoms with Crippen LogP contribution >= 0.6 is 23.2 Å². The van der Waals surface area contributed by atoms with Gasteiger partial charge in [0.05, 0.1) is 4.92 Å². The number of nitrogens with one attached hydrogen (secondary N) is 1. The van der Waals surface area contributed by atoms with Crippen molar-refractivity contribution in [1.29, 1.82) is 0 Å². The lowest BCUT2D eigenvalue weighted by Crippen LogP contribution is -1.90. The highest BCUT2D eigenvalue weighted by atomic mass is 35.5. The molecule has 0 radical (unpaired) electrons. The molecule has 0 aliphatic rings. The predicted molar refractivity (Wildman–Crippen MR) is 52.8 cm³/mol. The third kappa shape index (κ3) is 1.30. The molecule has 7 heteroatoms. The predicted octanol–water partition coefficient (Wildman–Crippen LogP) is 2.78. The molecule has 0 atom stereocenters. The summed E-state index contributed by atoms with van der Waals surface area (Å²) in [6.45, 7) is 0. The summed E-state index contributed by atoms with van der Waals surface area (Å²) in [4.78, 5) is 16.5. The number of halogens is 2. The van der Waals surface area contributed by atoms with E-state index in [1.807, 2.05) is 0 Å². The Bertz CT molecular complexity index is 523.